The molecule has 2 aromatic carbocycles. The van der Waals surface area contributed by atoms with E-state index in [1.54, 1.807) is 11.3 Å². The third kappa shape index (κ3) is 2.10. The van der Waals surface area contributed by atoms with E-state index in [1.165, 1.54) is 0 Å². The standard InChI is InChI=1S/C17H12N2OS/c18-13-7-3-2-6-12(13)17-19-14(10-21-17)16-9-11-5-1-4-8-15(11)20-16/h1-10H,18H2. The number of benzene rings is 2. The Morgan fingerprint density at radius 3 is 2.67 bits per heavy atom. The van der Waals surface area contributed by atoms with Crippen LogP contribution in [0.2, 0.25) is 0 Å². The summed E-state index contributed by atoms with van der Waals surface area (Å²) in [4.78, 5) is 4.65. The minimum Gasteiger partial charge on any atom is -0.454 e. The molecule has 0 unspecified atom stereocenters. The molecule has 0 bridgehead atoms. The highest BCUT2D eigenvalue weighted by atomic mass is 32.1. The van der Waals surface area contributed by atoms with E-state index in [4.69, 9.17) is 10.2 Å². The van der Waals surface area contributed by atoms with E-state index in [-0.39, 0.29) is 0 Å². The Hall–Kier alpha value is -2.59. The monoisotopic (exact) mass is 292 g/mol. The smallest absolute Gasteiger partial charge is 0.154 e. The Bertz CT molecular complexity index is 890. The molecule has 0 fully saturated rings. The Kier molecular flexibility index (Phi) is 2.75. The summed E-state index contributed by atoms with van der Waals surface area (Å²) in [7, 11) is 0. The predicted octanol–water partition coefficient (Wildman–Crippen LogP) is 4.81. The van der Waals surface area contributed by atoms with Gasteiger partial charge in [0.1, 0.15) is 16.3 Å². The Morgan fingerprint density at radius 2 is 1.81 bits per heavy atom. The number of para-hydroxylation sites is 2. The van der Waals surface area contributed by atoms with Crippen molar-refractivity contribution in [1.82, 2.24) is 4.98 Å². The van der Waals surface area contributed by atoms with Crippen molar-refractivity contribution in [2.45, 2.75) is 0 Å². The molecular weight excluding hydrogens is 280 g/mol. The number of nitrogens with two attached hydrogens (primary N) is 1. The first-order chi connectivity index (χ1) is 10.3. The summed E-state index contributed by atoms with van der Waals surface area (Å²) in [6.07, 6.45) is 0. The summed E-state index contributed by atoms with van der Waals surface area (Å²) in [5.74, 6) is 0.785. The number of rotatable bonds is 2. The number of hydrogen-bond acceptors (Lipinski definition) is 4. The molecule has 4 rings (SSSR count). The van der Waals surface area contributed by atoms with Crippen LogP contribution < -0.4 is 5.73 Å². The Balaban J connectivity index is 1.79. The van der Waals surface area contributed by atoms with E-state index in [2.05, 4.69) is 4.98 Å². The minimum atomic E-state index is 0.739. The van der Waals surface area contributed by atoms with Crippen molar-refractivity contribution in [3.63, 3.8) is 0 Å². The summed E-state index contributed by atoms with van der Waals surface area (Å²) in [5, 5.41) is 3.99. The van der Waals surface area contributed by atoms with Crippen molar-refractivity contribution in [3.05, 3.63) is 60.0 Å². The average molecular weight is 292 g/mol. The van der Waals surface area contributed by atoms with Crippen LogP contribution in [0.5, 0.6) is 0 Å². The third-order valence-corrected chi connectivity index (χ3v) is 4.25. The van der Waals surface area contributed by atoms with Gasteiger partial charge in [0.05, 0.1) is 0 Å². The maximum Gasteiger partial charge on any atom is 0.154 e. The van der Waals surface area contributed by atoms with Crippen LogP contribution in [0.25, 0.3) is 33.0 Å². The fraction of sp³-hybridized carbons (Fsp3) is 0. The minimum absolute atomic E-state index is 0.739. The SMILES string of the molecule is Nc1ccccc1-c1nc(-c2cc3ccccc3o2)cs1. The molecule has 0 aliphatic heterocycles. The first-order valence-corrected chi connectivity index (χ1v) is 7.48. The maximum atomic E-state index is 6.01. The van der Waals surface area contributed by atoms with E-state index < -0.39 is 0 Å². The van der Waals surface area contributed by atoms with Crippen LogP contribution >= 0.6 is 11.3 Å². The molecule has 2 aromatic heterocycles. The number of thiazole rings is 1. The second-order valence-electron chi connectivity index (χ2n) is 4.77. The largest absolute Gasteiger partial charge is 0.454 e. The lowest BCUT2D eigenvalue weighted by Crippen LogP contribution is -1.88. The zero-order valence-electron chi connectivity index (χ0n) is 11.1. The van der Waals surface area contributed by atoms with Gasteiger partial charge in [-0.15, -0.1) is 11.3 Å². The van der Waals surface area contributed by atoms with Crippen molar-refractivity contribution in [2.24, 2.45) is 0 Å². The number of hydrogen-bond donors (Lipinski definition) is 1. The van der Waals surface area contributed by atoms with E-state index in [0.717, 1.165) is 38.7 Å². The van der Waals surface area contributed by atoms with Gasteiger partial charge in [0.2, 0.25) is 0 Å². The molecule has 3 nitrogen and oxygen atoms in total. The van der Waals surface area contributed by atoms with Crippen LogP contribution in [0.15, 0.2) is 64.4 Å². The van der Waals surface area contributed by atoms with E-state index >= 15 is 0 Å². The summed E-state index contributed by atoms with van der Waals surface area (Å²) >= 11 is 1.57. The van der Waals surface area contributed by atoms with Gasteiger partial charge < -0.3 is 10.2 Å². The number of furan rings is 1. The molecule has 21 heavy (non-hydrogen) atoms. The van der Waals surface area contributed by atoms with Gasteiger partial charge in [-0.3, -0.25) is 0 Å². The topological polar surface area (TPSA) is 52.0 Å². The zero-order chi connectivity index (χ0) is 14.2. The fourth-order valence-corrected chi connectivity index (χ4v) is 3.17. The molecule has 102 valence electrons. The first kappa shape index (κ1) is 12.2. The Labute approximate surface area is 125 Å². The second kappa shape index (κ2) is 4.75. The molecule has 0 amide bonds. The summed E-state index contributed by atoms with van der Waals surface area (Å²) in [6.45, 7) is 0. The molecule has 4 aromatic rings. The van der Waals surface area contributed by atoms with Crippen LogP contribution in [0, 0.1) is 0 Å². The van der Waals surface area contributed by atoms with Crippen molar-refractivity contribution in [2.75, 3.05) is 5.73 Å². The van der Waals surface area contributed by atoms with Gasteiger partial charge in [-0.25, -0.2) is 4.98 Å². The average Bonchev–Trinajstić information content (AvgIpc) is 3.14. The molecule has 0 aliphatic rings. The maximum absolute atomic E-state index is 6.01. The molecule has 4 heteroatoms. The van der Waals surface area contributed by atoms with Crippen LogP contribution in [0.3, 0.4) is 0 Å². The van der Waals surface area contributed by atoms with Gasteiger partial charge in [-0.05, 0) is 24.3 Å². The van der Waals surface area contributed by atoms with E-state index in [0.29, 0.717) is 0 Å². The molecule has 2 N–H and O–H groups in total. The lowest BCUT2D eigenvalue weighted by Gasteiger charge is -1.99. The van der Waals surface area contributed by atoms with E-state index in [1.807, 2.05) is 60.0 Å². The number of anilines is 1. The van der Waals surface area contributed by atoms with Crippen LogP contribution in [0.4, 0.5) is 5.69 Å². The number of fused-ring (bicyclic) bond motifs is 1. The van der Waals surface area contributed by atoms with Gasteiger partial charge in [-0.1, -0.05) is 30.3 Å². The van der Waals surface area contributed by atoms with Crippen molar-refractivity contribution in [3.8, 4) is 22.0 Å². The highest BCUT2D eigenvalue weighted by molar-refractivity contribution is 7.13. The summed E-state index contributed by atoms with van der Waals surface area (Å²) in [6, 6.07) is 17.7. The normalized spacial score (nSPS) is 11.0. The van der Waals surface area contributed by atoms with Gasteiger partial charge in [0, 0.05) is 22.0 Å². The molecule has 0 spiro atoms. The predicted molar refractivity (Wildman–Crippen MR) is 87.2 cm³/mol. The fourth-order valence-electron chi connectivity index (χ4n) is 2.31. The third-order valence-electron chi connectivity index (χ3n) is 3.37. The number of nitrogens with zero attached hydrogens (tertiary/aromatic N) is 1. The number of nitrogen functional groups attached to an aromatic ring is 1. The summed E-state index contributed by atoms with van der Waals surface area (Å²) < 4.78 is 5.85. The second-order valence-corrected chi connectivity index (χ2v) is 5.63. The van der Waals surface area contributed by atoms with Crippen LogP contribution in [-0.4, -0.2) is 4.98 Å². The van der Waals surface area contributed by atoms with Crippen LogP contribution in [-0.2, 0) is 0 Å². The lowest BCUT2D eigenvalue weighted by atomic mass is 10.2. The van der Waals surface area contributed by atoms with Crippen LogP contribution in [0.1, 0.15) is 0 Å². The molecule has 0 saturated carbocycles. The molecule has 0 radical (unpaired) electrons. The molecule has 2 heterocycles. The zero-order valence-corrected chi connectivity index (χ0v) is 11.9. The molecular formula is C17H12N2OS. The van der Waals surface area contributed by atoms with Crippen molar-refractivity contribution >= 4 is 28.0 Å². The van der Waals surface area contributed by atoms with Gasteiger partial charge in [-0.2, -0.15) is 0 Å². The van der Waals surface area contributed by atoms with Crippen molar-refractivity contribution in [1.29, 1.82) is 0 Å². The molecule has 0 atom stereocenters. The first-order valence-electron chi connectivity index (χ1n) is 6.60. The lowest BCUT2D eigenvalue weighted by molar-refractivity contribution is 0.629. The van der Waals surface area contributed by atoms with Gasteiger partial charge in [0.25, 0.3) is 0 Å². The quantitative estimate of drug-likeness (QED) is 0.540. The molecule has 0 saturated heterocycles. The van der Waals surface area contributed by atoms with Gasteiger partial charge >= 0.3 is 0 Å². The Morgan fingerprint density at radius 1 is 1.00 bits per heavy atom. The highest BCUT2D eigenvalue weighted by Crippen LogP contribution is 2.34. The molecule has 0 aliphatic carbocycles. The van der Waals surface area contributed by atoms with Gasteiger partial charge in [0.15, 0.2) is 5.76 Å². The number of aromatic nitrogens is 1. The van der Waals surface area contributed by atoms with Crippen molar-refractivity contribution < 1.29 is 4.42 Å². The summed E-state index contributed by atoms with van der Waals surface area (Å²) in [5.41, 5.74) is 9.43. The highest BCUT2D eigenvalue weighted by Gasteiger charge is 2.12. The van der Waals surface area contributed by atoms with E-state index in [9.17, 15) is 0 Å².